The van der Waals surface area contributed by atoms with Crippen molar-refractivity contribution in [3.63, 3.8) is 0 Å². The van der Waals surface area contributed by atoms with E-state index in [0.29, 0.717) is 96.7 Å². The molecule has 0 saturated carbocycles. The van der Waals surface area contributed by atoms with E-state index in [1.807, 2.05) is 27.7 Å². The quantitative estimate of drug-likeness (QED) is 0.0307. The number of ether oxygens (including phenoxy) is 12. The van der Waals surface area contributed by atoms with Crippen LogP contribution in [0.5, 0.6) is 0 Å². The minimum absolute atomic E-state index is 0. The summed E-state index contributed by atoms with van der Waals surface area (Å²) in [5, 5.41) is 102. The Kier molecular flexibility index (Phi) is 69.0. The molecule has 0 bridgehead atoms. The molecule has 0 aromatic carbocycles. The highest BCUT2D eigenvalue weighted by atomic mass is 31.2. The number of rotatable bonds is 69. The minimum atomic E-state index is -5.14. The van der Waals surface area contributed by atoms with Crippen molar-refractivity contribution in [1.82, 2.24) is 5.32 Å². The van der Waals surface area contributed by atoms with Crippen molar-refractivity contribution in [3.8, 4) is 0 Å². The molecular weight excluding hydrogens is 1610 g/mol. The maximum Gasteiger partial charge on any atom is 0.472 e. The molecule has 115 heavy (non-hydrogen) atoms. The summed E-state index contributed by atoms with van der Waals surface area (Å²) in [6, 6.07) is -1.11. The van der Waals surface area contributed by atoms with Crippen LogP contribution in [0.15, 0.2) is 0 Å². The van der Waals surface area contributed by atoms with Gasteiger partial charge in [0.05, 0.1) is 130 Å². The smallest absolute Gasteiger partial charge is 0.472 e. The molecule has 3 aliphatic rings. The highest BCUT2D eigenvalue weighted by Crippen LogP contribution is 2.45. The molecule has 12 unspecified atom stereocenters. The molecule has 0 spiro atoms. The van der Waals surface area contributed by atoms with Gasteiger partial charge in [-0.05, 0) is 70.6 Å². The van der Waals surface area contributed by atoms with Crippen LogP contribution in [0, 0.1) is 23.2 Å². The Bertz CT molecular complexity index is 2430. The van der Waals surface area contributed by atoms with Gasteiger partial charge in [0.15, 0.2) is 18.9 Å². The summed E-state index contributed by atoms with van der Waals surface area (Å²) >= 11 is 0. The van der Waals surface area contributed by atoms with Crippen molar-refractivity contribution in [3.05, 3.63) is 0 Å². The van der Waals surface area contributed by atoms with Crippen LogP contribution in [0.25, 0.3) is 0 Å². The first-order chi connectivity index (χ1) is 54.0. The Labute approximate surface area is 681 Å². The molecule has 0 radical (unpaired) electrons. The molecule has 3 aliphatic heterocycles. The van der Waals surface area contributed by atoms with Crippen LogP contribution in [0.4, 0.5) is 0 Å². The number of carbonyl (C=O) groups is 1. The summed E-state index contributed by atoms with van der Waals surface area (Å²) < 4.78 is 161. The molecule has 3 fully saturated rings. The number of phosphoric ester groups is 4. The fourth-order valence-corrected chi connectivity index (χ4v) is 14.2. The molecule has 3 saturated heterocycles. The van der Waals surface area contributed by atoms with E-state index < -0.39 is 181 Å². The molecule has 692 valence electrons. The Morgan fingerprint density at radius 2 is 0.696 bits per heavy atom. The maximum absolute atomic E-state index is 13.4. The summed E-state index contributed by atoms with van der Waals surface area (Å²) in [6.07, 6.45) is -7.12. The van der Waals surface area contributed by atoms with Crippen LogP contribution >= 0.6 is 31.3 Å². The third-order valence-electron chi connectivity index (χ3n) is 17.4. The zero-order valence-corrected chi connectivity index (χ0v) is 70.9. The molecule has 3 rings (SSSR count). The number of hydrogen-bond donors (Lipinski definition) is 12. The molecule has 44 heteroatoms. The Morgan fingerprint density at radius 1 is 0.400 bits per heavy atom. The number of hydrogen-bond acceptors (Lipinski definition) is 38. The highest BCUT2D eigenvalue weighted by Gasteiger charge is 2.47. The van der Waals surface area contributed by atoms with Gasteiger partial charge < -0.3 is 160 Å². The molecular formula is C71H146NO39P4-3. The molecule has 0 aromatic heterocycles. The number of nitrogens with one attached hydrogen (secondary N) is 1. The van der Waals surface area contributed by atoms with Crippen molar-refractivity contribution < 1.29 is 187 Å². The average Bonchev–Trinajstić information content (AvgIpc) is 0.815. The van der Waals surface area contributed by atoms with Gasteiger partial charge in [0.25, 0.3) is 23.5 Å². The third kappa shape index (κ3) is 51.8. The van der Waals surface area contributed by atoms with E-state index in [9.17, 15) is 93.7 Å². The first-order valence-corrected chi connectivity index (χ1v) is 45.3. The van der Waals surface area contributed by atoms with Gasteiger partial charge >= 0.3 is 7.82 Å². The largest absolute Gasteiger partial charge is 0.756 e. The predicted octanol–water partition coefficient (Wildman–Crippen LogP) is 3.05. The van der Waals surface area contributed by atoms with E-state index in [2.05, 4.69) is 5.32 Å². The molecule has 12 N–H and O–H groups in total. The lowest BCUT2D eigenvalue weighted by atomic mass is 9.92. The van der Waals surface area contributed by atoms with E-state index in [-0.39, 0.29) is 159 Å². The van der Waals surface area contributed by atoms with Gasteiger partial charge in [-0.25, -0.2) is 4.57 Å². The zero-order chi connectivity index (χ0) is 84.6. The van der Waals surface area contributed by atoms with Crippen LogP contribution < -0.4 is 20.0 Å². The normalized spacial score (nSPS) is 26.5. The lowest BCUT2D eigenvalue weighted by Crippen LogP contribution is -2.64. The van der Waals surface area contributed by atoms with Crippen molar-refractivity contribution in [1.29, 1.82) is 0 Å². The highest BCUT2D eigenvalue weighted by molar-refractivity contribution is 7.47. The number of phosphoric acid groups is 4. The minimum Gasteiger partial charge on any atom is -0.756 e. The second-order valence-electron chi connectivity index (χ2n) is 27.0. The van der Waals surface area contributed by atoms with Gasteiger partial charge in [0.2, 0.25) is 5.91 Å². The SMILES string of the molecule is C.C.CC.CC.COCCCOCC(CO)COCCCOP(=O)([O-])OCC(COCCCOP(=O)([O-])OCCCCCCO[C@@H]1OC(CO)[C@H](O)[C@H](O)C1C)(COCCCOP(=O)([O-])OCCCCCCO[C@@H]1OC(CO)[C@H](O)[C@H](O)C1NC(C)=O)COCCCOP(=O)(O)OCCCCCCO[C@@H]1OC(CO)[C@H](O)[C@H](O)C1C. The number of methoxy groups -OCH3 is 1. The van der Waals surface area contributed by atoms with Crippen molar-refractivity contribution in [2.75, 3.05) is 179 Å². The Balaban J connectivity index is 0. The van der Waals surface area contributed by atoms with Gasteiger partial charge in [0, 0.05) is 91.2 Å². The van der Waals surface area contributed by atoms with E-state index in [0.717, 1.165) is 0 Å². The Hall–Kier alpha value is -0.970. The average molecular weight is 1760 g/mol. The summed E-state index contributed by atoms with van der Waals surface area (Å²) in [7, 11) is -17.7. The van der Waals surface area contributed by atoms with Gasteiger partial charge in [-0.2, -0.15) is 0 Å². The van der Waals surface area contributed by atoms with Crippen LogP contribution in [0.2, 0.25) is 0 Å². The van der Waals surface area contributed by atoms with Crippen LogP contribution in [-0.4, -0.2) is 321 Å². The number of amides is 1. The summed E-state index contributed by atoms with van der Waals surface area (Å²) in [6.45, 7) is 8.03. The number of unbranched alkanes of at least 4 members (excludes halogenated alkanes) is 9. The van der Waals surface area contributed by atoms with Gasteiger partial charge in [-0.1, -0.05) is 94.9 Å². The summed E-state index contributed by atoms with van der Waals surface area (Å²) in [5.41, 5.74) is -1.55. The van der Waals surface area contributed by atoms with Crippen molar-refractivity contribution >= 4 is 37.2 Å². The van der Waals surface area contributed by atoms with E-state index in [1.54, 1.807) is 21.0 Å². The van der Waals surface area contributed by atoms with Crippen LogP contribution in [0.1, 0.15) is 172 Å². The number of aliphatic hydroxyl groups is 10. The van der Waals surface area contributed by atoms with Crippen LogP contribution in [0.3, 0.4) is 0 Å². The standard InChI is InChI=1S/C65H129NO39P4.2C2H6.2CH4/c1-48-56(72)58(74)52(39-68)103-62(48)92-28-11-5-8-14-31-95-106(78,79)98-35-19-25-89-44-65(47-102-109(84,85)101-34-18-24-88-43-51(38-67)42-87-23-17-22-86-4,45-90-26-20-36-99-107(80,81)96-32-15-9-6-12-29-93-63-49(2)57(73)59(75)53(40-69)104-63)46-91-27-21-37-100-108(82,83)97-33-16-10-7-13-30-94-64-55(66-50(3)71)61(77)60(76)54(41-70)105-64;2*1-2;;/h48-49,51-64,67-70,72-77H,5-47H2,1-4H3,(H,66,71)(H,78,79)(H,80,81)(H,82,83)(H,84,85);2*1-2H3;2*1H4/p-3/t48?,49?,51?,52?,53?,54?,55?,56-,57-,58+,59+,60+,61-,62-,63-,64-,65?;;;;/m1..../s1. The lowest BCUT2D eigenvalue weighted by Gasteiger charge is -2.42. The molecule has 21 atom stereocenters. The van der Waals surface area contributed by atoms with E-state index in [4.69, 9.17) is 93.0 Å². The molecule has 3 heterocycles. The van der Waals surface area contributed by atoms with Gasteiger partial charge in [-0.15, -0.1) is 0 Å². The Morgan fingerprint density at radius 3 is 1.04 bits per heavy atom. The lowest BCUT2D eigenvalue weighted by molar-refractivity contribution is -0.282. The predicted molar refractivity (Wildman–Crippen MR) is 411 cm³/mol. The zero-order valence-electron chi connectivity index (χ0n) is 67.3. The first kappa shape index (κ1) is 116. The molecule has 0 aliphatic carbocycles. The first-order valence-electron chi connectivity index (χ1n) is 39.4. The number of aliphatic hydroxyl groups excluding tert-OH is 10. The second kappa shape index (κ2) is 68.4. The van der Waals surface area contributed by atoms with Gasteiger partial charge in [0.1, 0.15) is 48.8 Å². The van der Waals surface area contributed by atoms with Gasteiger partial charge in [-0.3, -0.25) is 27.5 Å². The fraction of sp³-hybridized carbons (Fsp3) is 0.986. The monoisotopic (exact) mass is 1760 g/mol. The molecule has 1 amide bonds. The summed E-state index contributed by atoms with van der Waals surface area (Å²) in [4.78, 5) is 61.0. The van der Waals surface area contributed by atoms with Crippen molar-refractivity contribution in [2.24, 2.45) is 23.2 Å². The maximum atomic E-state index is 13.4. The topological polar surface area (TPSA) is 574 Å². The number of carbonyl (C=O) groups excluding carboxylic acids is 1. The fourth-order valence-electron chi connectivity index (χ4n) is 11.0. The summed E-state index contributed by atoms with van der Waals surface area (Å²) in [5.74, 6) is -1.96. The van der Waals surface area contributed by atoms with Crippen LogP contribution in [-0.2, 0) is 116 Å². The van der Waals surface area contributed by atoms with E-state index >= 15 is 0 Å². The third-order valence-corrected chi connectivity index (χ3v) is 21.4. The molecule has 0 aromatic rings. The van der Waals surface area contributed by atoms with E-state index in [1.165, 1.54) is 6.92 Å². The van der Waals surface area contributed by atoms with Crippen molar-refractivity contribution in [2.45, 2.75) is 252 Å². The second-order valence-corrected chi connectivity index (χ2v) is 32.6. The molecule has 40 nitrogen and oxygen atoms in total.